The lowest BCUT2D eigenvalue weighted by Crippen LogP contribution is -2.38. The van der Waals surface area contributed by atoms with Crippen LogP contribution < -0.4 is 4.74 Å². The normalized spacial score (nSPS) is 13.6. The molecule has 0 spiro atoms. The molecule has 114 valence electrons. The number of amides is 1. The van der Waals surface area contributed by atoms with Crippen molar-refractivity contribution in [1.82, 2.24) is 4.90 Å². The van der Waals surface area contributed by atoms with Crippen molar-refractivity contribution in [3.8, 4) is 5.75 Å². The summed E-state index contributed by atoms with van der Waals surface area (Å²) >= 11 is 0. The van der Waals surface area contributed by atoms with Crippen LogP contribution in [0.5, 0.6) is 5.75 Å². The first kappa shape index (κ1) is 14.5. The zero-order valence-electron chi connectivity index (χ0n) is 11.9. The number of nitrogens with zero attached hydrogens (tertiary/aromatic N) is 1. The molecule has 0 aromatic heterocycles. The summed E-state index contributed by atoms with van der Waals surface area (Å²) in [6, 6.07) is 11.0. The predicted octanol–water partition coefficient (Wildman–Crippen LogP) is 2.93. The first-order chi connectivity index (χ1) is 10.6. The Morgan fingerprint density at radius 3 is 2.68 bits per heavy atom. The van der Waals surface area contributed by atoms with Crippen molar-refractivity contribution >= 4 is 5.91 Å². The highest BCUT2D eigenvalue weighted by atomic mass is 19.1. The lowest BCUT2D eigenvalue weighted by atomic mass is 10.00. The molecule has 0 aliphatic carbocycles. The Hall–Kier alpha value is -2.43. The summed E-state index contributed by atoms with van der Waals surface area (Å²) in [7, 11) is 0. The molecule has 0 unspecified atom stereocenters. The van der Waals surface area contributed by atoms with Crippen molar-refractivity contribution in [2.75, 3.05) is 13.2 Å². The maximum Gasteiger partial charge on any atom is 0.260 e. The van der Waals surface area contributed by atoms with Crippen molar-refractivity contribution < 1.29 is 18.3 Å². The van der Waals surface area contributed by atoms with Gasteiger partial charge in [0, 0.05) is 19.2 Å². The van der Waals surface area contributed by atoms with E-state index in [9.17, 15) is 13.6 Å². The number of halogens is 2. The summed E-state index contributed by atoms with van der Waals surface area (Å²) < 4.78 is 31.4. The van der Waals surface area contributed by atoms with E-state index in [-0.39, 0.29) is 18.3 Å². The minimum atomic E-state index is -0.809. The van der Waals surface area contributed by atoms with Crippen LogP contribution in [0.3, 0.4) is 0 Å². The highest BCUT2D eigenvalue weighted by Crippen LogP contribution is 2.20. The van der Waals surface area contributed by atoms with Crippen LogP contribution in [0.25, 0.3) is 0 Å². The van der Waals surface area contributed by atoms with Gasteiger partial charge in [0.2, 0.25) is 0 Å². The fraction of sp³-hybridized carbons (Fsp3) is 0.235. The van der Waals surface area contributed by atoms with Gasteiger partial charge in [-0.2, -0.15) is 0 Å². The number of fused-ring (bicyclic) bond motifs is 1. The fourth-order valence-electron chi connectivity index (χ4n) is 2.53. The number of hydrogen-bond acceptors (Lipinski definition) is 2. The van der Waals surface area contributed by atoms with Crippen molar-refractivity contribution in [3.63, 3.8) is 0 Å². The molecule has 0 radical (unpaired) electrons. The largest absolute Gasteiger partial charge is 0.481 e. The van der Waals surface area contributed by atoms with Gasteiger partial charge >= 0.3 is 0 Å². The molecular formula is C17H15F2NO2. The van der Waals surface area contributed by atoms with Crippen molar-refractivity contribution in [2.24, 2.45) is 0 Å². The third kappa shape index (κ3) is 3.08. The molecule has 2 aromatic carbocycles. The lowest BCUT2D eigenvalue weighted by molar-refractivity contribution is -0.134. The highest BCUT2D eigenvalue weighted by molar-refractivity contribution is 5.78. The number of benzene rings is 2. The number of carbonyl (C=O) groups is 1. The maximum absolute atomic E-state index is 13.5. The van der Waals surface area contributed by atoms with Crippen LogP contribution in [0.15, 0.2) is 42.5 Å². The van der Waals surface area contributed by atoms with Crippen LogP contribution in [0.2, 0.25) is 0 Å². The molecule has 1 heterocycles. The van der Waals surface area contributed by atoms with E-state index in [0.29, 0.717) is 13.1 Å². The maximum atomic E-state index is 13.5. The Bertz CT molecular complexity index is 703. The molecule has 1 aliphatic heterocycles. The molecule has 2 aromatic rings. The highest BCUT2D eigenvalue weighted by Gasteiger charge is 2.21. The van der Waals surface area contributed by atoms with Crippen molar-refractivity contribution in [3.05, 3.63) is 65.2 Å². The molecule has 0 N–H and O–H groups in total. The van der Waals surface area contributed by atoms with Gasteiger partial charge in [0.15, 0.2) is 18.2 Å². The van der Waals surface area contributed by atoms with Gasteiger partial charge in [-0.3, -0.25) is 4.79 Å². The Kier molecular flexibility index (Phi) is 4.04. The van der Waals surface area contributed by atoms with E-state index < -0.39 is 11.6 Å². The van der Waals surface area contributed by atoms with E-state index in [4.69, 9.17) is 4.74 Å². The zero-order valence-corrected chi connectivity index (χ0v) is 11.9. The number of ether oxygens (including phenoxy) is 1. The van der Waals surface area contributed by atoms with Crippen LogP contribution in [-0.2, 0) is 17.8 Å². The van der Waals surface area contributed by atoms with E-state index >= 15 is 0 Å². The summed E-state index contributed by atoms with van der Waals surface area (Å²) in [5, 5.41) is 0. The SMILES string of the molecule is O=C(COc1ccc(F)cc1F)N1CCc2ccccc2C1. The lowest BCUT2D eigenvalue weighted by Gasteiger charge is -2.28. The van der Waals surface area contributed by atoms with Gasteiger partial charge in [0.25, 0.3) is 5.91 Å². The summed E-state index contributed by atoms with van der Waals surface area (Å²) in [4.78, 5) is 13.8. The zero-order chi connectivity index (χ0) is 15.5. The minimum absolute atomic E-state index is 0.118. The van der Waals surface area contributed by atoms with E-state index in [0.717, 1.165) is 24.1 Å². The molecule has 0 bridgehead atoms. The van der Waals surface area contributed by atoms with Crippen LogP contribution in [0.1, 0.15) is 11.1 Å². The molecule has 0 saturated carbocycles. The van der Waals surface area contributed by atoms with Gasteiger partial charge in [0.05, 0.1) is 0 Å². The molecule has 0 fully saturated rings. The van der Waals surface area contributed by atoms with E-state index in [2.05, 4.69) is 6.07 Å². The quantitative estimate of drug-likeness (QED) is 0.872. The summed E-state index contributed by atoms with van der Waals surface area (Å²) in [6.45, 7) is 0.889. The molecule has 0 atom stereocenters. The van der Waals surface area contributed by atoms with Gasteiger partial charge in [-0.25, -0.2) is 8.78 Å². The summed E-state index contributed by atoms with van der Waals surface area (Å²) in [5.41, 5.74) is 2.37. The molecule has 0 saturated heterocycles. The fourth-order valence-corrected chi connectivity index (χ4v) is 2.53. The van der Waals surface area contributed by atoms with Crippen LogP contribution in [-0.4, -0.2) is 24.0 Å². The van der Waals surface area contributed by atoms with Crippen LogP contribution in [0.4, 0.5) is 8.78 Å². The predicted molar refractivity (Wildman–Crippen MR) is 77.4 cm³/mol. The van der Waals surface area contributed by atoms with Crippen LogP contribution >= 0.6 is 0 Å². The molecule has 22 heavy (non-hydrogen) atoms. The average Bonchev–Trinajstić information content (AvgIpc) is 2.53. The third-order valence-electron chi connectivity index (χ3n) is 3.73. The Labute approximate surface area is 127 Å². The second-order valence-corrected chi connectivity index (χ2v) is 5.20. The summed E-state index contributed by atoms with van der Waals surface area (Å²) in [6.07, 6.45) is 0.798. The van der Waals surface area contributed by atoms with Crippen molar-refractivity contribution in [2.45, 2.75) is 13.0 Å². The third-order valence-corrected chi connectivity index (χ3v) is 3.73. The monoisotopic (exact) mass is 303 g/mol. The van der Waals surface area contributed by atoms with E-state index in [1.165, 1.54) is 11.6 Å². The molecule has 3 nitrogen and oxygen atoms in total. The van der Waals surface area contributed by atoms with Crippen LogP contribution in [0, 0.1) is 11.6 Å². The van der Waals surface area contributed by atoms with E-state index in [1.54, 1.807) is 4.90 Å². The number of rotatable bonds is 3. The summed E-state index contributed by atoms with van der Waals surface area (Å²) in [5.74, 6) is -1.81. The Morgan fingerprint density at radius 2 is 1.91 bits per heavy atom. The minimum Gasteiger partial charge on any atom is -0.481 e. The van der Waals surface area contributed by atoms with Crippen molar-refractivity contribution in [1.29, 1.82) is 0 Å². The molecule has 1 aliphatic rings. The van der Waals surface area contributed by atoms with Gasteiger partial charge < -0.3 is 9.64 Å². The number of carbonyl (C=O) groups excluding carboxylic acids is 1. The Balaban J connectivity index is 1.61. The topological polar surface area (TPSA) is 29.5 Å². The molecule has 1 amide bonds. The molecule has 3 rings (SSSR count). The van der Waals surface area contributed by atoms with Gasteiger partial charge in [0.1, 0.15) is 5.82 Å². The second kappa shape index (κ2) is 6.13. The first-order valence-corrected chi connectivity index (χ1v) is 7.06. The standard InChI is InChI=1S/C17H15F2NO2/c18-14-5-6-16(15(19)9-14)22-11-17(21)20-8-7-12-3-1-2-4-13(12)10-20/h1-6,9H,7-8,10-11H2. The average molecular weight is 303 g/mol. The molecule has 5 heteroatoms. The Morgan fingerprint density at radius 1 is 1.14 bits per heavy atom. The van der Waals surface area contributed by atoms with E-state index in [1.807, 2.05) is 18.2 Å². The first-order valence-electron chi connectivity index (χ1n) is 7.06. The number of hydrogen-bond donors (Lipinski definition) is 0. The molecular weight excluding hydrogens is 288 g/mol. The van der Waals surface area contributed by atoms with Gasteiger partial charge in [-0.05, 0) is 29.7 Å². The van der Waals surface area contributed by atoms with Gasteiger partial charge in [-0.1, -0.05) is 24.3 Å². The smallest absolute Gasteiger partial charge is 0.260 e. The second-order valence-electron chi connectivity index (χ2n) is 5.20. The van der Waals surface area contributed by atoms with Gasteiger partial charge in [-0.15, -0.1) is 0 Å².